The summed E-state index contributed by atoms with van der Waals surface area (Å²) in [4.78, 5) is 0. The highest BCUT2D eigenvalue weighted by Crippen LogP contribution is 2.27. The molecule has 11 N–H and O–H groups in total. The summed E-state index contributed by atoms with van der Waals surface area (Å²) >= 11 is 1.25. The van der Waals surface area contributed by atoms with E-state index >= 15 is 0 Å². The molecule has 0 aliphatic carbocycles. The highest BCUT2D eigenvalue weighted by molar-refractivity contribution is 14.1. The van der Waals surface area contributed by atoms with Crippen LogP contribution in [0.15, 0.2) is 11.5 Å². The van der Waals surface area contributed by atoms with Gasteiger partial charge in [-0.15, -0.1) is 0 Å². The van der Waals surface area contributed by atoms with Crippen molar-refractivity contribution < 1.29 is 78.2 Å². The molecule has 2 heterocycles. The maximum absolute atomic E-state index is 10.4. The quantitative estimate of drug-likeness (QED) is 0.0579. The minimum Gasteiger partial charge on any atom is -0.506 e. The standard InChI is InChI=1S/C18H31IO16/c19-35-16(30)15(34-18-14(29)12(27)10(25)7(4-21)33-18)8(23)5(22)1-2-31-17-13(28)11(26)9(24)6(3-20)32-17/h5-7,9-14,16-18,20-30H,1-4H2/b15-8-. The lowest BCUT2D eigenvalue weighted by Crippen LogP contribution is -2.59. The van der Waals surface area contributed by atoms with E-state index in [0.29, 0.717) is 0 Å². The minimum atomic E-state index is -2.00. The first kappa shape index (κ1) is 30.7. The second-order valence-corrected chi connectivity index (χ2v) is 8.39. The number of aliphatic hydroxyl groups excluding tert-OH is 11. The van der Waals surface area contributed by atoms with Crippen LogP contribution in [0.1, 0.15) is 6.42 Å². The monoisotopic (exact) mass is 630 g/mol. The molecule has 2 saturated heterocycles. The molecule has 17 heteroatoms. The Morgan fingerprint density at radius 1 is 0.771 bits per heavy atom. The molecular weight excluding hydrogens is 599 g/mol. The predicted molar refractivity (Wildman–Crippen MR) is 116 cm³/mol. The Balaban J connectivity index is 2.06. The summed E-state index contributed by atoms with van der Waals surface area (Å²) in [5, 5.41) is 108. The van der Waals surface area contributed by atoms with Crippen molar-refractivity contribution in [3.8, 4) is 0 Å². The molecule has 206 valence electrons. The number of hydrogen-bond acceptors (Lipinski definition) is 16. The molecule has 2 rings (SSSR count). The third-order valence-electron chi connectivity index (χ3n) is 5.49. The molecule has 0 amide bonds. The van der Waals surface area contributed by atoms with Crippen molar-refractivity contribution in [3.63, 3.8) is 0 Å². The molecule has 12 unspecified atom stereocenters. The Labute approximate surface area is 212 Å². The van der Waals surface area contributed by atoms with E-state index in [1.165, 1.54) is 23.0 Å². The fourth-order valence-corrected chi connectivity index (χ4v) is 3.61. The van der Waals surface area contributed by atoms with Crippen molar-refractivity contribution in [1.29, 1.82) is 0 Å². The zero-order chi connectivity index (χ0) is 26.4. The summed E-state index contributed by atoms with van der Waals surface area (Å²) in [6.07, 6.45) is -20.4. The predicted octanol–water partition coefficient (Wildman–Crippen LogP) is -5.17. The molecule has 0 spiro atoms. The Hall–Kier alpha value is -0.490. The maximum Gasteiger partial charge on any atom is 0.229 e. The van der Waals surface area contributed by atoms with Gasteiger partial charge in [0.15, 0.2) is 17.8 Å². The molecule has 2 aliphatic rings. The van der Waals surface area contributed by atoms with Crippen molar-refractivity contribution in [1.82, 2.24) is 0 Å². The van der Waals surface area contributed by atoms with Crippen LogP contribution in [0, 0.1) is 0 Å². The molecular formula is C18H31IO16. The third-order valence-corrected chi connectivity index (χ3v) is 5.97. The average molecular weight is 630 g/mol. The largest absolute Gasteiger partial charge is 0.506 e. The number of rotatable bonds is 11. The first-order chi connectivity index (χ1) is 16.5. The summed E-state index contributed by atoms with van der Waals surface area (Å²) in [7, 11) is 0. The average Bonchev–Trinajstić information content (AvgIpc) is 2.85. The Morgan fingerprint density at radius 3 is 1.74 bits per heavy atom. The van der Waals surface area contributed by atoms with Gasteiger partial charge in [-0.25, -0.2) is 0 Å². The Morgan fingerprint density at radius 2 is 1.26 bits per heavy atom. The number of ether oxygens (including phenoxy) is 4. The highest BCUT2D eigenvalue weighted by Gasteiger charge is 2.46. The first-order valence-electron chi connectivity index (χ1n) is 10.4. The SMILES string of the molecule is OCC1OC(OCCC(O)/C(O)=C(/OC2OC(CO)C(O)C(O)C2O)C(O)OI)C(O)C(O)C1O. The maximum atomic E-state index is 10.4. The zero-order valence-corrected chi connectivity index (χ0v) is 20.3. The van der Waals surface area contributed by atoms with E-state index in [4.69, 9.17) is 18.9 Å². The molecule has 0 saturated carbocycles. The van der Waals surface area contributed by atoms with Gasteiger partial charge in [0, 0.05) is 6.42 Å². The van der Waals surface area contributed by atoms with Gasteiger partial charge in [0.05, 0.1) is 19.8 Å². The van der Waals surface area contributed by atoms with Gasteiger partial charge in [-0.2, -0.15) is 0 Å². The molecule has 2 aliphatic heterocycles. The number of aliphatic hydroxyl groups is 11. The molecule has 35 heavy (non-hydrogen) atoms. The van der Waals surface area contributed by atoms with Gasteiger partial charge < -0.3 is 75.1 Å². The zero-order valence-electron chi connectivity index (χ0n) is 18.1. The van der Waals surface area contributed by atoms with Gasteiger partial charge in [-0.05, 0) is 0 Å². The van der Waals surface area contributed by atoms with Gasteiger partial charge in [0.2, 0.25) is 12.6 Å². The molecule has 0 aromatic rings. The Bertz CT molecular complexity index is 679. The molecule has 2 fully saturated rings. The van der Waals surface area contributed by atoms with E-state index in [-0.39, 0.29) is 0 Å². The van der Waals surface area contributed by atoms with Gasteiger partial charge >= 0.3 is 0 Å². The normalized spacial score (nSPS) is 40.7. The smallest absolute Gasteiger partial charge is 0.229 e. The Kier molecular flexibility index (Phi) is 12.2. The van der Waals surface area contributed by atoms with E-state index in [1.54, 1.807) is 0 Å². The molecule has 0 aromatic carbocycles. The summed E-state index contributed by atoms with van der Waals surface area (Å²) in [5.74, 6) is -1.83. The second-order valence-electron chi connectivity index (χ2n) is 7.88. The highest BCUT2D eigenvalue weighted by atomic mass is 127. The van der Waals surface area contributed by atoms with Crippen LogP contribution in [0.3, 0.4) is 0 Å². The van der Waals surface area contributed by atoms with Gasteiger partial charge in [0.25, 0.3) is 0 Å². The fourth-order valence-electron chi connectivity index (χ4n) is 3.38. The van der Waals surface area contributed by atoms with Crippen LogP contribution in [0.2, 0.25) is 0 Å². The van der Waals surface area contributed by atoms with Crippen molar-refractivity contribution >= 4 is 23.0 Å². The van der Waals surface area contributed by atoms with Gasteiger partial charge in [-0.3, -0.25) is 3.07 Å². The van der Waals surface area contributed by atoms with E-state index < -0.39 is 112 Å². The molecule has 0 bridgehead atoms. The topological polar surface area (TPSA) is 269 Å². The molecule has 16 nitrogen and oxygen atoms in total. The van der Waals surface area contributed by atoms with Crippen molar-refractivity contribution in [2.75, 3.05) is 19.8 Å². The van der Waals surface area contributed by atoms with Crippen LogP contribution in [0.25, 0.3) is 0 Å². The van der Waals surface area contributed by atoms with Crippen molar-refractivity contribution in [2.24, 2.45) is 0 Å². The summed E-state index contributed by atoms with van der Waals surface area (Å²) in [6.45, 7) is -1.86. The summed E-state index contributed by atoms with van der Waals surface area (Å²) < 4.78 is 25.3. The van der Waals surface area contributed by atoms with Crippen LogP contribution in [-0.4, -0.2) is 150 Å². The van der Waals surface area contributed by atoms with E-state index in [2.05, 4.69) is 3.07 Å². The number of hydrogen-bond donors (Lipinski definition) is 11. The summed E-state index contributed by atoms with van der Waals surface area (Å²) in [5.41, 5.74) is 0. The number of halogens is 1. The first-order valence-corrected chi connectivity index (χ1v) is 11.3. The van der Waals surface area contributed by atoms with Crippen molar-refractivity contribution in [3.05, 3.63) is 11.5 Å². The van der Waals surface area contributed by atoms with Crippen LogP contribution in [0.4, 0.5) is 0 Å². The lowest BCUT2D eigenvalue weighted by Gasteiger charge is -2.40. The molecule has 12 atom stereocenters. The van der Waals surface area contributed by atoms with Gasteiger partial charge in [-0.1, -0.05) is 0 Å². The van der Waals surface area contributed by atoms with Crippen LogP contribution >= 0.6 is 23.0 Å². The lowest BCUT2D eigenvalue weighted by molar-refractivity contribution is -0.301. The van der Waals surface area contributed by atoms with E-state index in [1.807, 2.05) is 0 Å². The van der Waals surface area contributed by atoms with Gasteiger partial charge in [0.1, 0.15) is 77.9 Å². The van der Waals surface area contributed by atoms with Crippen molar-refractivity contribution in [2.45, 2.75) is 80.2 Å². The van der Waals surface area contributed by atoms with E-state index in [9.17, 15) is 56.2 Å². The molecule has 0 aromatic heterocycles. The van der Waals surface area contributed by atoms with Crippen LogP contribution < -0.4 is 0 Å². The van der Waals surface area contributed by atoms with Crippen LogP contribution in [0.5, 0.6) is 0 Å². The summed E-state index contributed by atoms with van der Waals surface area (Å²) in [6, 6.07) is 0. The lowest BCUT2D eigenvalue weighted by atomic mass is 9.99. The second kappa shape index (κ2) is 13.9. The molecule has 0 radical (unpaired) electrons. The van der Waals surface area contributed by atoms with E-state index in [0.717, 1.165) is 0 Å². The fraction of sp³-hybridized carbons (Fsp3) is 0.889. The van der Waals surface area contributed by atoms with Crippen LogP contribution in [-0.2, 0) is 22.0 Å². The minimum absolute atomic E-state index is 0.406. The third kappa shape index (κ3) is 7.30.